The van der Waals surface area contributed by atoms with E-state index in [-0.39, 0.29) is 22.5 Å². The van der Waals surface area contributed by atoms with Crippen LogP contribution in [-0.4, -0.2) is 40.4 Å². The van der Waals surface area contributed by atoms with Gasteiger partial charge in [-0.2, -0.15) is 0 Å². The van der Waals surface area contributed by atoms with Gasteiger partial charge in [-0.15, -0.1) is 0 Å². The Hall–Kier alpha value is -2.26. The molecule has 4 rings (SSSR count). The van der Waals surface area contributed by atoms with E-state index < -0.39 is 10.0 Å². The molecule has 36 heavy (non-hydrogen) atoms. The van der Waals surface area contributed by atoms with E-state index in [2.05, 4.69) is 34.3 Å². The Balaban J connectivity index is 1.31. The molecular formula is C28H38N2O5S. The number of hydrogen-bond donors (Lipinski definition) is 2. The monoisotopic (exact) mass is 514 g/mol. The fraction of sp³-hybridized carbons (Fsp3) is 0.536. The second kappa shape index (κ2) is 12.3. The highest BCUT2D eigenvalue weighted by Crippen LogP contribution is 2.41. The van der Waals surface area contributed by atoms with Gasteiger partial charge in [0.2, 0.25) is 15.9 Å². The van der Waals surface area contributed by atoms with Crippen molar-refractivity contribution < 1.29 is 22.7 Å². The zero-order chi connectivity index (χ0) is 25.4. The molecule has 1 aliphatic carbocycles. The Kier molecular flexibility index (Phi) is 9.17. The number of nitrogens with one attached hydrogen (secondary N) is 2. The van der Waals surface area contributed by atoms with E-state index in [0.717, 1.165) is 58.0 Å². The van der Waals surface area contributed by atoms with Gasteiger partial charge < -0.3 is 14.8 Å². The van der Waals surface area contributed by atoms with Crippen molar-refractivity contribution in [2.45, 2.75) is 75.9 Å². The first kappa shape index (κ1) is 26.8. The molecule has 1 aliphatic heterocycles. The molecule has 2 fully saturated rings. The summed E-state index contributed by atoms with van der Waals surface area (Å²) in [6.07, 6.45) is 9.17. The van der Waals surface area contributed by atoms with Gasteiger partial charge in [-0.1, -0.05) is 37.1 Å². The van der Waals surface area contributed by atoms with E-state index in [9.17, 15) is 13.2 Å². The maximum absolute atomic E-state index is 13.0. The predicted molar refractivity (Wildman–Crippen MR) is 140 cm³/mol. The number of carbonyl (C=O) groups excluding carboxylic acids is 1. The van der Waals surface area contributed by atoms with Crippen LogP contribution in [0.3, 0.4) is 0 Å². The molecule has 0 bridgehead atoms. The highest BCUT2D eigenvalue weighted by atomic mass is 32.2. The Morgan fingerprint density at radius 3 is 2.33 bits per heavy atom. The van der Waals surface area contributed by atoms with Crippen molar-refractivity contribution in [2.24, 2.45) is 5.41 Å². The van der Waals surface area contributed by atoms with Crippen molar-refractivity contribution in [2.75, 3.05) is 25.1 Å². The molecule has 1 atom stereocenters. The molecule has 1 saturated carbocycles. The van der Waals surface area contributed by atoms with Gasteiger partial charge in [0.1, 0.15) is 0 Å². The SMILES string of the molecule is CC(=O)Nc1ccc(S(=O)(=O)NCC2(Cc3ccc(CCOC4CCCCO4)cc3)CCCC2)cc1. The summed E-state index contributed by atoms with van der Waals surface area (Å²) in [4.78, 5) is 11.4. The van der Waals surface area contributed by atoms with Crippen LogP contribution in [0.15, 0.2) is 53.4 Å². The van der Waals surface area contributed by atoms with Crippen molar-refractivity contribution in [3.63, 3.8) is 0 Å². The van der Waals surface area contributed by atoms with Gasteiger partial charge >= 0.3 is 0 Å². The van der Waals surface area contributed by atoms with Crippen LogP contribution in [0.2, 0.25) is 0 Å². The third kappa shape index (κ3) is 7.62. The van der Waals surface area contributed by atoms with Crippen LogP contribution in [0.1, 0.15) is 63.0 Å². The summed E-state index contributed by atoms with van der Waals surface area (Å²) in [5.41, 5.74) is 2.96. The second-order valence-electron chi connectivity index (χ2n) is 10.1. The summed E-state index contributed by atoms with van der Waals surface area (Å²) >= 11 is 0. The van der Waals surface area contributed by atoms with Crippen molar-refractivity contribution >= 4 is 21.6 Å². The molecule has 8 heteroatoms. The number of amides is 1. The molecule has 1 heterocycles. The Morgan fingerprint density at radius 1 is 1.00 bits per heavy atom. The van der Waals surface area contributed by atoms with Crippen LogP contribution in [0.4, 0.5) is 5.69 Å². The first-order valence-corrected chi connectivity index (χ1v) is 14.5. The number of rotatable bonds is 11. The van der Waals surface area contributed by atoms with Gasteiger partial charge in [-0.3, -0.25) is 4.79 Å². The van der Waals surface area contributed by atoms with Gasteiger partial charge in [-0.05, 0) is 85.8 Å². The summed E-state index contributed by atoms with van der Waals surface area (Å²) in [6.45, 7) is 3.28. The molecule has 2 aromatic carbocycles. The van der Waals surface area contributed by atoms with Crippen molar-refractivity contribution in [3.8, 4) is 0 Å². The topological polar surface area (TPSA) is 93.7 Å². The largest absolute Gasteiger partial charge is 0.353 e. The number of benzene rings is 2. The Bertz CT molecular complexity index is 1090. The third-order valence-electron chi connectivity index (χ3n) is 7.22. The molecule has 0 radical (unpaired) electrons. The lowest BCUT2D eigenvalue weighted by molar-refractivity contribution is -0.161. The minimum Gasteiger partial charge on any atom is -0.353 e. The first-order chi connectivity index (χ1) is 17.3. The van der Waals surface area contributed by atoms with Crippen molar-refractivity contribution in [1.29, 1.82) is 0 Å². The first-order valence-electron chi connectivity index (χ1n) is 13.0. The molecule has 2 aromatic rings. The van der Waals surface area contributed by atoms with Crippen LogP contribution in [0.25, 0.3) is 0 Å². The quantitative estimate of drug-likeness (QED) is 0.449. The van der Waals surface area contributed by atoms with Gasteiger partial charge in [-0.25, -0.2) is 13.1 Å². The minimum atomic E-state index is -3.64. The highest BCUT2D eigenvalue weighted by molar-refractivity contribution is 7.89. The Morgan fingerprint density at radius 2 is 1.69 bits per heavy atom. The van der Waals surface area contributed by atoms with E-state index in [1.54, 1.807) is 12.1 Å². The minimum absolute atomic E-state index is 0.0563. The normalized spacial score (nSPS) is 19.8. The molecule has 0 spiro atoms. The molecule has 2 N–H and O–H groups in total. The smallest absolute Gasteiger partial charge is 0.240 e. The number of ether oxygens (including phenoxy) is 2. The van der Waals surface area contributed by atoms with Crippen LogP contribution in [-0.2, 0) is 37.1 Å². The molecule has 1 saturated heterocycles. The number of hydrogen-bond acceptors (Lipinski definition) is 5. The summed E-state index contributed by atoms with van der Waals surface area (Å²) < 4.78 is 40.3. The lowest BCUT2D eigenvalue weighted by Crippen LogP contribution is -2.37. The predicted octanol–water partition coefficient (Wildman–Crippen LogP) is 4.81. The number of carbonyl (C=O) groups is 1. The molecule has 1 unspecified atom stereocenters. The average molecular weight is 515 g/mol. The Labute approximate surface area is 215 Å². The van der Waals surface area contributed by atoms with Gasteiger partial charge in [0.05, 0.1) is 11.5 Å². The van der Waals surface area contributed by atoms with Gasteiger partial charge in [0, 0.05) is 25.8 Å². The van der Waals surface area contributed by atoms with E-state index >= 15 is 0 Å². The van der Waals surface area contributed by atoms with Crippen LogP contribution in [0.5, 0.6) is 0 Å². The van der Waals surface area contributed by atoms with Crippen LogP contribution >= 0.6 is 0 Å². The summed E-state index contributed by atoms with van der Waals surface area (Å²) in [7, 11) is -3.64. The third-order valence-corrected chi connectivity index (χ3v) is 8.64. The molecular weight excluding hydrogens is 476 g/mol. The van der Waals surface area contributed by atoms with E-state index in [1.165, 1.54) is 36.6 Å². The molecule has 0 aromatic heterocycles. The zero-order valence-corrected chi connectivity index (χ0v) is 21.9. The average Bonchev–Trinajstić information content (AvgIpc) is 3.33. The molecule has 2 aliphatic rings. The van der Waals surface area contributed by atoms with E-state index in [1.807, 2.05) is 0 Å². The summed E-state index contributed by atoms with van der Waals surface area (Å²) in [6, 6.07) is 14.9. The summed E-state index contributed by atoms with van der Waals surface area (Å²) in [5, 5.41) is 2.66. The zero-order valence-electron chi connectivity index (χ0n) is 21.1. The molecule has 7 nitrogen and oxygen atoms in total. The fourth-order valence-electron chi connectivity index (χ4n) is 5.20. The van der Waals surface area contributed by atoms with E-state index in [0.29, 0.717) is 18.8 Å². The fourth-order valence-corrected chi connectivity index (χ4v) is 6.36. The maximum Gasteiger partial charge on any atom is 0.240 e. The van der Waals surface area contributed by atoms with Gasteiger partial charge in [0.25, 0.3) is 0 Å². The number of anilines is 1. The summed E-state index contributed by atoms with van der Waals surface area (Å²) in [5.74, 6) is -0.192. The van der Waals surface area contributed by atoms with E-state index in [4.69, 9.17) is 9.47 Å². The molecule has 1 amide bonds. The van der Waals surface area contributed by atoms with Crippen molar-refractivity contribution in [1.82, 2.24) is 4.72 Å². The van der Waals surface area contributed by atoms with Gasteiger partial charge in [0.15, 0.2) is 6.29 Å². The second-order valence-corrected chi connectivity index (χ2v) is 11.9. The number of sulfonamides is 1. The standard InChI is InChI=1S/C28H38N2O5S/c1-22(31)30-25-11-13-26(14-12-25)36(32,33)29-21-28(16-3-4-17-28)20-24-9-7-23(8-10-24)15-19-35-27-6-2-5-18-34-27/h7-14,27,29H,2-6,15-21H2,1H3,(H,30,31). The maximum atomic E-state index is 13.0. The van der Waals surface area contributed by atoms with Crippen LogP contribution in [0, 0.1) is 5.41 Å². The van der Waals surface area contributed by atoms with Crippen LogP contribution < -0.4 is 10.0 Å². The lowest BCUT2D eigenvalue weighted by Gasteiger charge is -2.29. The van der Waals surface area contributed by atoms with Crippen molar-refractivity contribution in [3.05, 3.63) is 59.7 Å². The molecule has 196 valence electrons. The lowest BCUT2D eigenvalue weighted by atomic mass is 9.80. The highest BCUT2D eigenvalue weighted by Gasteiger charge is 2.35.